The monoisotopic (exact) mass is 1450 g/mol. The highest BCUT2D eigenvalue weighted by atomic mass is 16.8. The van der Waals surface area contributed by atoms with Crippen LogP contribution in [0.15, 0.2) is 0 Å². The first-order chi connectivity index (χ1) is 46.7. The Kier molecular flexibility index (Phi) is 30.5. The largest absolute Gasteiger partial charge is 0.394 e. The van der Waals surface area contributed by atoms with E-state index in [4.69, 9.17) is 66.3 Å². The summed E-state index contributed by atoms with van der Waals surface area (Å²) in [5, 5.41) is 240. The highest BCUT2D eigenvalue weighted by molar-refractivity contribution is 5.74. The third-order valence-corrected chi connectivity index (χ3v) is 17.8. The van der Waals surface area contributed by atoms with Gasteiger partial charge in [-0.05, 0) is 13.8 Å². The van der Waals surface area contributed by atoms with Gasteiger partial charge in [-0.2, -0.15) is 0 Å². The molecular formula is C56H96N4O39. The molecule has 7 aliphatic rings. The molecule has 0 saturated carbocycles. The fraction of sp³-hybridized carbons (Fsp3) is 0.929. The molecule has 99 heavy (non-hydrogen) atoms. The van der Waals surface area contributed by atoms with Crippen LogP contribution in [0.25, 0.3) is 0 Å². The van der Waals surface area contributed by atoms with Crippen molar-refractivity contribution in [2.24, 2.45) is 0 Å². The third kappa shape index (κ3) is 19.1. The third-order valence-electron chi connectivity index (χ3n) is 17.8. The fourth-order valence-corrected chi connectivity index (χ4v) is 12.5. The molecule has 25 N–H and O–H groups in total. The number of ether oxygens (including phenoxy) is 14. The molecule has 0 aromatic heterocycles. The second-order valence-corrected chi connectivity index (χ2v) is 25.1. The standard InChI is InChI=1S/C56H96N4O39/c1-14-30(72)38(80)41(83)53(87-14)97-47-29(60-19(6)70)52(93-26(12-66)46(47)96-55-43(85)40(82)34(76)23(9-63)90-55)94-44(20(7-61)57-16(3)67)32(74)21(71)13-86-50-28(59-18(5)69)37(79)45(25(11-65)92-50)95-56-49(99-54-42(84)39(81)31(73)15(2)88-54)48(35(77)24(10-64)91-56)98-51-27(58-17(4)68)36(78)33(75)22(8-62)89-51/h14-15,20-56,61-66,71-85H,7-13H2,1-6H3,(H,57,67)(H,58,68)(H,59,69)(H,60,70)/t14-,15-,20-,21+,22+,23+,24+,25+,26+,27+,28+,29+,30+,31+,32-,33-,34-,35-,36+,37+,38+,39+,40-,41-,42-,43+,44+,45+,46+,47+,48-,49+,50+,51+,52-,53-,54-,55-,56-/m0/s1. The van der Waals surface area contributed by atoms with Gasteiger partial charge in [0.1, 0.15) is 177 Å². The van der Waals surface area contributed by atoms with Gasteiger partial charge in [0, 0.05) is 27.7 Å². The molecule has 0 radical (unpaired) electrons. The van der Waals surface area contributed by atoms with E-state index in [1.165, 1.54) is 13.8 Å². The second-order valence-electron chi connectivity index (χ2n) is 25.1. The molecule has 0 aliphatic carbocycles. The van der Waals surface area contributed by atoms with E-state index in [0.717, 1.165) is 27.7 Å². The first-order valence-corrected chi connectivity index (χ1v) is 31.7. The van der Waals surface area contributed by atoms with Gasteiger partial charge in [-0.3, -0.25) is 19.2 Å². The predicted molar refractivity (Wildman–Crippen MR) is 310 cm³/mol. The molecular weight excluding hydrogens is 1350 g/mol. The van der Waals surface area contributed by atoms with Crippen molar-refractivity contribution in [3.8, 4) is 0 Å². The average Bonchev–Trinajstić information content (AvgIpc) is 0.770. The van der Waals surface area contributed by atoms with E-state index >= 15 is 0 Å². The maximum atomic E-state index is 13.2. The van der Waals surface area contributed by atoms with Crippen LogP contribution >= 0.6 is 0 Å². The summed E-state index contributed by atoms with van der Waals surface area (Å²) in [6, 6.07) is -7.34. The molecule has 39 atom stereocenters. The molecule has 4 amide bonds. The van der Waals surface area contributed by atoms with E-state index in [-0.39, 0.29) is 0 Å². The van der Waals surface area contributed by atoms with Crippen LogP contribution in [0.5, 0.6) is 0 Å². The van der Waals surface area contributed by atoms with E-state index in [1.807, 2.05) is 0 Å². The Morgan fingerprint density at radius 2 is 0.747 bits per heavy atom. The zero-order valence-electron chi connectivity index (χ0n) is 54.2. The van der Waals surface area contributed by atoms with Crippen LogP contribution in [0.1, 0.15) is 41.5 Å². The first-order valence-electron chi connectivity index (χ1n) is 31.7. The van der Waals surface area contributed by atoms with E-state index in [1.54, 1.807) is 0 Å². The van der Waals surface area contributed by atoms with Crippen molar-refractivity contribution in [1.29, 1.82) is 0 Å². The average molecular weight is 1450 g/mol. The minimum Gasteiger partial charge on any atom is -0.394 e. The molecule has 7 saturated heterocycles. The summed E-state index contributed by atoms with van der Waals surface area (Å²) in [6.07, 6.45) is -68.7. The van der Waals surface area contributed by atoms with Crippen molar-refractivity contribution in [3.05, 3.63) is 0 Å². The fourth-order valence-electron chi connectivity index (χ4n) is 12.5. The number of carbonyl (C=O) groups excluding carboxylic acids is 4. The molecule has 7 fully saturated rings. The van der Waals surface area contributed by atoms with Gasteiger partial charge in [0.2, 0.25) is 23.6 Å². The Morgan fingerprint density at radius 3 is 1.24 bits per heavy atom. The first kappa shape index (κ1) is 82.8. The Labute approximate surface area is 563 Å². The molecule has 7 rings (SSSR count). The topological polar surface area (TPSA) is 670 Å². The Hall–Kier alpha value is -3.52. The lowest BCUT2D eigenvalue weighted by atomic mass is 9.93. The van der Waals surface area contributed by atoms with Gasteiger partial charge in [0.15, 0.2) is 44.0 Å². The van der Waals surface area contributed by atoms with Gasteiger partial charge in [-0.25, -0.2) is 0 Å². The minimum atomic E-state index is -2.45. The Morgan fingerprint density at radius 1 is 0.364 bits per heavy atom. The molecule has 0 aromatic rings. The number of amides is 4. The normalized spacial score (nSPS) is 45.7. The van der Waals surface area contributed by atoms with Gasteiger partial charge in [-0.1, -0.05) is 0 Å². The molecule has 0 unspecified atom stereocenters. The maximum Gasteiger partial charge on any atom is 0.217 e. The van der Waals surface area contributed by atoms with Gasteiger partial charge in [0.05, 0.1) is 64.5 Å². The molecule has 43 heteroatoms. The number of nitrogens with one attached hydrogen (secondary N) is 4. The highest BCUT2D eigenvalue weighted by Gasteiger charge is 2.60. The van der Waals surface area contributed by atoms with Crippen LogP contribution < -0.4 is 21.3 Å². The molecule has 0 bridgehead atoms. The van der Waals surface area contributed by atoms with Crippen molar-refractivity contribution in [2.45, 2.75) is 281 Å². The van der Waals surface area contributed by atoms with Gasteiger partial charge in [0.25, 0.3) is 0 Å². The minimum absolute atomic E-state index is 0.820. The number of aliphatic hydroxyl groups excluding tert-OH is 21. The summed E-state index contributed by atoms with van der Waals surface area (Å²) in [7, 11) is 0. The van der Waals surface area contributed by atoms with E-state index in [0.29, 0.717) is 0 Å². The number of hydrogen-bond acceptors (Lipinski definition) is 39. The molecule has 0 aromatic carbocycles. The van der Waals surface area contributed by atoms with Crippen LogP contribution in [0.3, 0.4) is 0 Å². The number of aliphatic hydroxyl groups is 21. The smallest absolute Gasteiger partial charge is 0.217 e. The summed E-state index contributed by atoms with van der Waals surface area (Å²) in [6.45, 7) is -1.21. The van der Waals surface area contributed by atoms with Crippen molar-refractivity contribution in [2.75, 3.05) is 46.2 Å². The summed E-state index contributed by atoms with van der Waals surface area (Å²) < 4.78 is 83.6. The van der Waals surface area contributed by atoms with Gasteiger partial charge >= 0.3 is 0 Å². The molecule has 574 valence electrons. The Bertz CT molecular complexity index is 2550. The van der Waals surface area contributed by atoms with Crippen LogP contribution in [0.2, 0.25) is 0 Å². The number of rotatable bonds is 28. The number of hydrogen-bond donors (Lipinski definition) is 25. The number of carbonyl (C=O) groups is 4. The zero-order valence-corrected chi connectivity index (χ0v) is 54.2. The van der Waals surface area contributed by atoms with E-state index < -0.39 is 309 Å². The van der Waals surface area contributed by atoms with Crippen molar-refractivity contribution in [3.63, 3.8) is 0 Å². The van der Waals surface area contributed by atoms with Crippen LogP contribution in [-0.4, -0.2) is 416 Å². The van der Waals surface area contributed by atoms with Crippen LogP contribution in [-0.2, 0) is 85.5 Å². The van der Waals surface area contributed by atoms with Crippen LogP contribution in [0.4, 0.5) is 0 Å². The lowest BCUT2D eigenvalue weighted by Gasteiger charge is -2.51. The molecule has 7 heterocycles. The predicted octanol–water partition coefficient (Wildman–Crippen LogP) is -16.2. The van der Waals surface area contributed by atoms with Crippen molar-refractivity contribution in [1.82, 2.24) is 21.3 Å². The summed E-state index contributed by atoms with van der Waals surface area (Å²) in [5.41, 5.74) is 0. The lowest BCUT2D eigenvalue weighted by molar-refractivity contribution is -0.398. The molecule has 7 aliphatic heterocycles. The van der Waals surface area contributed by atoms with E-state index in [2.05, 4.69) is 21.3 Å². The summed E-state index contributed by atoms with van der Waals surface area (Å²) in [4.78, 5) is 51.3. The van der Waals surface area contributed by atoms with Gasteiger partial charge in [-0.15, -0.1) is 0 Å². The quantitative estimate of drug-likeness (QED) is 0.0346. The molecule has 0 spiro atoms. The second kappa shape index (κ2) is 36.5. The van der Waals surface area contributed by atoms with Crippen LogP contribution in [0, 0.1) is 0 Å². The SMILES string of the molecule is CC(=O)N[C@H]1[C@H](OC[C@@H](O)[C@H](O)[C@H](O[C@@H]2O[C@H](CO)[C@@H](O[C@@H]3O[C@H](CO)[C@H](O)[C@H](O)[C@H]3O)[C@H](O[C@@H]3O[C@@H](C)[C@@H](O)[C@@H](O)[C@@H]3O)[C@H]2NC(C)=O)[C@H](CO)NC(C)=O)O[C@H](CO)[C@@H](O[C@@H]2O[C@H](CO)[C@H](O)[C@H](O[C@H]3O[C@H](CO)[C@H](O)[C@H](O)[C@H]3NC(C)=O)[C@H]2O[C@@H]2O[C@@H](C)[C@@H](O)[C@@H](O)[C@@H]2O)[C@@H]1O. The Balaban J connectivity index is 1.19. The van der Waals surface area contributed by atoms with E-state index in [9.17, 15) is 126 Å². The van der Waals surface area contributed by atoms with Crippen molar-refractivity contribution >= 4 is 23.6 Å². The summed E-state index contributed by atoms with van der Waals surface area (Å²) in [5.74, 6) is -3.59. The highest BCUT2D eigenvalue weighted by Crippen LogP contribution is 2.39. The lowest BCUT2D eigenvalue weighted by Crippen LogP contribution is -2.71. The molecule has 43 nitrogen and oxygen atoms in total. The van der Waals surface area contributed by atoms with Gasteiger partial charge < -0.3 is 195 Å². The summed E-state index contributed by atoms with van der Waals surface area (Å²) >= 11 is 0. The zero-order chi connectivity index (χ0) is 73.5. The maximum absolute atomic E-state index is 13.2. The van der Waals surface area contributed by atoms with Crippen molar-refractivity contribution < 1.29 is 193 Å².